The van der Waals surface area contributed by atoms with Gasteiger partial charge in [0, 0.05) is 40.3 Å². The van der Waals surface area contributed by atoms with E-state index in [9.17, 15) is 57.5 Å². The van der Waals surface area contributed by atoms with E-state index in [1.165, 1.54) is 22.1 Å². The maximum absolute atomic E-state index is 13.4. The number of amides is 11. The number of hydrogen-bond acceptors (Lipinski definition) is 19. The third-order valence-corrected chi connectivity index (χ3v) is 23.4. The van der Waals surface area contributed by atoms with Crippen LogP contribution in [0.3, 0.4) is 0 Å². The molecule has 6 aliphatic heterocycles. The van der Waals surface area contributed by atoms with Gasteiger partial charge in [-0.2, -0.15) is 0 Å². The molecule has 3 saturated heterocycles. The summed E-state index contributed by atoms with van der Waals surface area (Å²) in [5.74, 6) is -4.78. The molecule has 3 aromatic carbocycles. The lowest BCUT2D eigenvalue weighted by atomic mass is 9.84. The van der Waals surface area contributed by atoms with E-state index in [1.807, 2.05) is 141 Å². The van der Waals surface area contributed by atoms with Crippen LogP contribution in [0.2, 0.25) is 0 Å². The number of hydrogen-bond donors (Lipinski definition) is 11. The molecule has 123 heavy (non-hydrogen) atoms. The molecule has 9 rings (SSSR count). The summed E-state index contributed by atoms with van der Waals surface area (Å²) in [5.41, 5.74) is 13.8. The highest BCUT2D eigenvalue weighted by atomic mass is 16.5. The Morgan fingerprint density at radius 2 is 0.846 bits per heavy atom. The zero-order valence-corrected chi connectivity index (χ0v) is 76.0. The van der Waals surface area contributed by atoms with Gasteiger partial charge in [-0.25, -0.2) is 16.3 Å². The molecule has 678 valence electrons. The highest BCUT2D eigenvalue weighted by Gasteiger charge is 2.40. The van der Waals surface area contributed by atoms with E-state index >= 15 is 0 Å². The predicted octanol–water partition coefficient (Wildman–Crippen LogP) is 9.00. The van der Waals surface area contributed by atoms with E-state index in [0.717, 1.165) is 34.2 Å². The summed E-state index contributed by atoms with van der Waals surface area (Å²) in [5, 5.41) is 27.4. The summed E-state index contributed by atoms with van der Waals surface area (Å²) in [7, 11) is 3.10. The van der Waals surface area contributed by atoms with Crippen molar-refractivity contribution >= 4 is 83.1 Å². The van der Waals surface area contributed by atoms with Crippen LogP contribution in [-0.4, -0.2) is 193 Å². The van der Waals surface area contributed by atoms with Crippen molar-refractivity contribution in [3.05, 3.63) is 125 Å². The summed E-state index contributed by atoms with van der Waals surface area (Å²) in [6, 6.07) is 16.2. The largest absolute Gasteiger partial charge is 0.490 e. The Bertz CT molecular complexity index is 4180. The first kappa shape index (κ1) is 100. The number of allylic oxidation sites excluding steroid dienone is 2. The zero-order valence-electron chi connectivity index (χ0n) is 76.0. The lowest BCUT2D eigenvalue weighted by Gasteiger charge is -2.36. The van der Waals surface area contributed by atoms with E-state index in [1.54, 1.807) is 53.9 Å². The smallest absolute Gasteiger partial charge is 0.325 e. The Balaban J connectivity index is 0.000000254. The highest BCUT2D eigenvalue weighted by molar-refractivity contribution is 5.95. The van der Waals surface area contributed by atoms with Crippen molar-refractivity contribution in [1.29, 1.82) is 0 Å². The second kappa shape index (κ2) is 47.8. The summed E-state index contributed by atoms with van der Waals surface area (Å²) >= 11 is 0. The van der Waals surface area contributed by atoms with Crippen LogP contribution < -0.4 is 63.5 Å². The normalized spacial score (nSPS) is 29.2. The summed E-state index contributed by atoms with van der Waals surface area (Å²) in [4.78, 5) is 158. The van der Waals surface area contributed by atoms with Gasteiger partial charge in [0.2, 0.25) is 47.3 Å². The van der Waals surface area contributed by atoms with E-state index in [0.29, 0.717) is 89.6 Å². The molecular weight excluding hydrogens is 1570 g/mol. The van der Waals surface area contributed by atoms with E-state index in [2.05, 4.69) is 105 Å². The Labute approximate surface area is 727 Å². The molecule has 3 fully saturated rings. The number of nitrogens with one attached hydrogen (secondary N) is 11. The molecule has 16 atom stereocenters. The molecule has 0 unspecified atom stereocenters. The summed E-state index contributed by atoms with van der Waals surface area (Å²) in [6.07, 6.45) is 17.1. The van der Waals surface area contributed by atoms with Gasteiger partial charge >= 0.3 is 5.97 Å². The van der Waals surface area contributed by atoms with Gasteiger partial charge in [-0.3, -0.25) is 72.6 Å². The fraction of sp³-hybridized carbons (Fsp3) is 0.613. The van der Waals surface area contributed by atoms with Crippen LogP contribution in [0, 0.1) is 46.8 Å². The molecule has 0 spiro atoms. The minimum atomic E-state index is -0.874. The van der Waals surface area contributed by atoms with Crippen molar-refractivity contribution in [2.75, 3.05) is 40.5 Å². The van der Waals surface area contributed by atoms with Crippen LogP contribution in [0.5, 0.6) is 5.75 Å². The zero-order chi connectivity index (χ0) is 90.7. The second-order valence-corrected chi connectivity index (χ2v) is 35.9. The van der Waals surface area contributed by atoms with Crippen LogP contribution in [-0.2, 0) is 71.7 Å². The number of ether oxygens (including phenoxy) is 4. The lowest BCUT2D eigenvalue weighted by Crippen LogP contribution is -2.62. The number of benzene rings is 3. The average Bonchev–Trinajstić information content (AvgIpc) is 0.830. The number of hydrazine groups is 3. The van der Waals surface area contributed by atoms with Gasteiger partial charge in [0.1, 0.15) is 72.8 Å². The van der Waals surface area contributed by atoms with Crippen LogP contribution >= 0.6 is 0 Å². The quantitative estimate of drug-likeness (QED) is 0.0776. The van der Waals surface area contributed by atoms with Crippen molar-refractivity contribution in [1.82, 2.24) is 73.8 Å². The van der Waals surface area contributed by atoms with Crippen molar-refractivity contribution in [3.8, 4) is 5.75 Å². The first-order chi connectivity index (χ1) is 58.2. The number of rotatable bonds is 7. The monoisotopic (exact) mass is 1710 g/mol. The lowest BCUT2D eigenvalue weighted by molar-refractivity contribution is -0.157. The maximum atomic E-state index is 13.4. The van der Waals surface area contributed by atoms with Crippen LogP contribution in [0.4, 0.5) is 0 Å². The molecule has 0 aliphatic carbocycles. The number of fused-ring (bicyclic) bond motifs is 12. The van der Waals surface area contributed by atoms with Gasteiger partial charge in [0.05, 0.1) is 36.1 Å². The SMILES string of the molecule is CC(C)[C@@H]1NC(=O)CCC(C)(C)C/C=C/c2cccc(c2)[C@@H](C(C)C)NC(=O)[C@@H]2CCCN(N2)C(=O)[C@H](C)NC1=O.CO[C@@H]1/C=C/COc2cccc(c2)[C@@H](C(C)C)NC(=O)[C@@H]2CCCN(N2)C(=O)[C@H](C)NC(=O)[C@H](C(C)C)NC(=O)[C@@H]1C.CO[C@@H]1CC/C=C/c2cccc(c2)[C@H](C)OC(=O)[C@@H]2CCCN(N2)C(=O)[C@H](C)NC(=O)[C@H](C(C)C)NC(=O)[C@@H]1C. The molecule has 0 radical (unpaired) electrons. The van der Waals surface area contributed by atoms with Gasteiger partial charge in [-0.05, 0) is 185 Å². The number of methoxy groups -OCH3 is 2. The third kappa shape index (κ3) is 29.9. The first-order valence-electron chi connectivity index (χ1n) is 44.0. The fourth-order valence-electron chi connectivity index (χ4n) is 15.5. The van der Waals surface area contributed by atoms with E-state index < -0.39 is 102 Å². The van der Waals surface area contributed by atoms with Crippen molar-refractivity contribution in [3.63, 3.8) is 0 Å². The Morgan fingerprint density at radius 1 is 0.431 bits per heavy atom. The Morgan fingerprint density at radius 3 is 1.32 bits per heavy atom. The molecule has 6 aliphatic rings. The van der Waals surface area contributed by atoms with Gasteiger partial charge < -0.3 is 61.5 Å². The number of carbonyl (C=O) groups excluding carboxylic acids is 12. The van der Waals surface area contributed by atoms with E-state index in [-0.39, 0.29) is 107 Å². The molecule has 30 heteroatoms. The highest BCUT2D eigenvalue weighted by Crippen LogP contribution is 2.32. The van der Waals surface area contributed by atoms with Crippen molar-refractivity contribution < 1.29 is 76.5 Å². The van der Waals surface area contributed by atoms with Crippen molar-refractivity contribution in [2.45, 2.75) is 280 Å². The molecule has 11 N–H and O–H groups in total. The number of cyclic esters (lactones) is 1. The minimum Gasteiger partial charge on any atom is -0.490 e. The molecule has 6 heterocycles. The third-order valence-electron chi connectivity index (χ3n) is 23.4. The average molecular weight is 1710 g/mol. The molecule has 0 saturated carbocycles. The Hall–Kier alpha value is -9.88. The topological polar surface area (TPSA) is 384 Å². The van der Waals surface area contributed by atoms with Gasteiger partial charge in [0.15, 0.2) is 0 Å². The molecule has 3 aromatic rings. The van der Waals surface area contributed by atoms with E-state index in [4.69, 9.17) is 18.9 Å². The standard InChI is InChI=1S/C32H49N5O4.C31H47N5O6.C30H44N4O6/c1-20(2)27-24-13-8-11-23(19-24)12-9-16-32(6,7)17-15-26(38)34-28(21(3)4)30(40)33-22(5)31(41)37-18-10-14-25(36-37)29(39)35-27;1-18(2)26-22-11-8-12-23(17-22)42-16-10-14-25(41-7)20(5)28(37)34-27(19(3)4)30(39)32-21(6)31(40)36-15-9-13-24(35-36)29(38)33-26;1-18(2)26-28(36)31-20(4)29(37)34-16-10-14-24(33-34)30(38)40-21(5)23-13-9-12-22(17-23)11-7-8-15-25(39-6)19(3)27(35)32-26/h8-9,11-13,19-22,25,27-28,36H,10,14-18H2,1-7H3,(H,33,40)(H,34,38)(H,35,39);8,10-12,14,17-21,24-27,35H,9,13,15-16H2,1-7H3,(H,32,39)(H,33,38)(H,34,37);7,9,11-13,17-21,24-26,33H,8,10,14-16H2,1-6H3,(H,31,36)(H,32,35)/b12-9+;14-10+;11-7+/t22-,25-,27+,28-;20-,21+,24+,25-,26-,27+;19-,20+,21+,24+,25-,26+/m011/s1. The van der Waals surface area contributed by atoms with Crippen LogP contribution in [0.25, 0.3) is 12.2 Å². The number of esters is 1. The number of carbonyl (C=O) groups is 12. The first-order valence-corrected chi connectivity index (χ1v) is 44.0. The number of nitrogens with zero attached hydrogens (tertiary/aromatic N) is 3. The Kier molecular flexibility index (Phi) is 39.0. The van der Waals surface area contributed by atoms with Gasteiger partial charge in [-0.1, -0.05) is 176 Å². The van der Waals surface area contributed by atoms with Crippen LogP contribution in [0.1, 0.15) is 241 Å². The second-order valence-electron chi connectivity index (χ2n) is 35.9. The van der Waals surface area contributed by atoms with Gasteiger partial charge in [-0.15, -0.1) is 0 Å². The molecule has 30 nitrogen and oxygen atoms in total. The predicted molar refractivity (Wildman–Crippen MR) is 471 cm³/mol. The molecular formula is C93H140N14O16. The molecule has 11 amide bonds. The molecule has 12 bridgehead atoms. The van der Waals surface area contributed by atoms with Crippen LogP contribution in [0.15, 0.2) is 97.1 Å². The summed E-state index contributed by atoms with van der Waals surface area (Å²) < 4.78 is 22.9. The van der Waals surface area contributed by atoms with Gasteiger partial charge in [0.25, 0.3) is 17.7 Å². The minimum absolute atomic E-state index is 0.0928. The maximum Gasteiger partial charge on any atom is 0.325 e. The fourth-order valence-corrected chi connectivity index (χ4v) is 15.5. The summed E-state index contributed by atoms with van der Waals surface area (Å²) in [6.45, 7) is 35.2. The van der Waals surface area contributed by atoms with Crippen molar-refractivity contribution in [2.24, 2.45) is 46.8 Å². The molecule has 0 aromatic heterocycles.